The second kappa shape index (κ2) is 5.35. The summed E-state index contributed by atoms with van der Waals surface area (Å²) >= 11 is 1.30. The SMILES string of the molecule is CCOC(=O)c1csc(Nc2ncccn2)n1. The largest absolute Gasteiger partial charge is 0.461 e. The number of carbonyl (C=O) groups excluding carboxylic acids is 1. The molecule has 6 nitrogen and oxygen atoms in total. The Kier molecular flexibility index (Phi) is 3.61. The van der Waals surface area contributed by atoms with Crippen LogP contribution in [0.5, 0.6) is 0 Å². The number of rotatable bonds is 4. The molecule has 0 bridgehead atoms. The van der Waals surface area contributed by atoms with Crippen molar-refractivity contribution in [2.24, 2.45) is 0 Å². The van der Waals surface area contributed by atoms with Gasteiger partial charge >= 0.3 is 5.97 Å². The first-order chi connectivity index (χ1) is 8.29. The van der Waals surface area contributed by atoms with E-state index in [0.717, 1.165) is 0 Å². The molecular weight excluding hydrogens is 240 g/mol. The molecule has 2 rings (SSSR count). The number of esters is 1. The number of hydrogen-bond donors (Lipinski definition) is 1. The van der Waals surface area contributed by atoms with Crippen molar-refractivity contribution in [3.05, 3.63) is 29.5 Å². The van der Waals surface area contributed by atoms with Crippen LogP contribution in [0.1, 0.15) is 17.4 Å². The molecule has 0 aromatic carbocycles. The number of hydrogen-bond acceptors (Lipinski definition) is 7. The van der Waals surface area contributed by atoms with E-state index in [1.165, 1.54) is 11.3 Å². The predicted molar refractivity (Wildman–Crippen MR) is 63.4 cm³/mol. The number of carbonyl (C=O) groups is 1. The lowest BCUT2D eigenvalue weighted by molar-refractivity contribution is 0.0520. The molecule has 0 saturated heterocycles. The standard InChI is InChI=1S/C10H10N4O2S/c1-2-16-8(15)7-6-17-10(13-7)14-9-11-4-3-5-12-9/h3-6H,2H2,1H3,(H,11,12,13,14). The third-order valence-corrected chi connectivity index (χ3v) is 2.53. The second-order valence-electron chi connectivity index (χ2n) is 2.96. The highest BCUT2D eigenvalue weighted by molar-refractivity contribution is 7.14. The van der Waals surface area contributed by atoms with Crippen LogP contribution in [-0.2, 0) is 4.74 Å². The summed E-state index contributed by atoms with van der Waals surface area (Å²) in [5.41, 5.74) is 0.287. The fourth-order valence-corrected chi connectivity index (χ4v) is 1.76. The number of nitrogens with one attached hydrogen (secondary N) is 1. The Morgan fingerprint density at radius 1 is 1.47 bits per heavy atom. The van der Waals surface area contributed by atoms with Crippen molar-refractivity contribution < 1.29 is 9.53 Å². The van der Waals surface area contributed by atoms with Crippen LogP contribution in [0.25, 0.3) is 0 Å². The van der Waals surface area contributed by atoms with Gasteiger partial charge in [-0.05, 0) is 13.0 Å². The molecule has 0 unspecified atom stereocenters. The first-order valence-corrected chi connectivity index (χ1v) is 5.84. The number of anilines is 2. The summed E-state index contributed by atoms with van der Waals surface area (Å²) in [5, 5.41) is 5.08. The monoisotopic (exact) mass is 250 g/mol. The Hall–Kier alpha value is -2.02. The Bertz CT molecular complexity index is 500. The second-order valence-corrected chi connectivity index (χ2v) is 3.81. The van der Waals surface area contributed by atoms with E-state index in [0.29, 0.717) is 17.7 Å². The Morgan fingerprint density at radius 2 is 2.24 bits per heavy atom. The number of aromatic nitrogens is 3. The molecule has 2 heterocycles. The van der Waals surface area contributed by atoms with Gasteiger partial charge in [0, 0.05) is 17.8 Å². The Balaban J connectivity index is 2.06. The predicted octanol–water partition coefficient (Wildman–Crippen LogP) is 1.85. The van der Waals surface area contributed by atoms with Crippen LogP contribution in [0.3, 0.4) is 0 Å². The zero-order chi connectivity index (χ0) is 12.1. The summed E-state index contributed by atoms with van der Waals surface area (Å²) in [5.74, 6) is 0.0167. The molecule has 0 aliphatic carbocycles. The molecular formula is C10H10N4O2S. The normalized spacial score (nSPS) is 9.94. The van der Waals surface area contributed by atoms with Crippen molar-refractivity contribution in [3.8, 4) is 0 Å². The maximum Gasteiger partial charge on any atom is 0.357 e. The van der Waals surface area contributed by atoms with Crippen molar-refractivity contribution in [2.75, 3.05) is 11.9 Å². The minimum absolute atomic E-state index is 0.287. The van der Waals surface area contributed by atoms with E-state index in [4.69, 9.17) is 4.74 Å². The maximum absolute atomic E-state index is 11.4. The number of thiazole rings is 1. The van der Waals surface area contributed by atoms with Crippen LogP contribution in [-0.4, -0.2) is 27.5 Å². The van der Waals surface area contributed by atoms with Gasteiger partial charge in [-0.25, -0.2) is 19.7 Å². The highest BCUT2D eigenvalue weighted by Gasteiger charge is 2.11. The average Bonchev–Trinajstić information content (AvgIpc) is 2.79. The van der Waals surface area contributed by atoms with Crippen LogP contribution in [0.2, 0.25) is 0 Å². The fraction of sp³-hybridized carbons (Fsp3) is 0.200. The molecule has 0 radical (unpaired) electrons. The minimum Gasteiger partial charge on any atom is -0.461 e. The summed E-state index contributed by atoms with van der Waals surface area (Å²) in [6.45, 7) is 2.09. The third-order valence-electron chi connectivity index (χ3n) is 1.77. The molecule has 0 aliphatic heterocycles. The van der Waals surface area contributed by atoms with Gasteiger partial charge < -0.3 is 10.1 Å². The molecule has 0 atom stereocenters. The van der Waals surface area contributed by atoms with E-state index in [-0.39, 0.29) is 5.69 Å². The smallest absolute Gasteiger partial charge is 0.357 e. The van der Waals surface area contributed by atoms with Gasteiger partial charge in [-0.3, -0.25) is 0 Å². The van der Waals surface area contributed by atoms with E-state index in [2.05, 4.69) is 20.3 Å². The molecule has 7 heteroatoms. The van der Waals surface area contributed by atoms with Crippen LogP contribution < -0.4 is 5.32 Å². The van der Waals surface area contributed by atoms with Gasteiger partial charge in [-0.2, -0.15) is 0 Å². The van der Waals surface area contributed by atoms with Gasteiger partial charge in [0.25, 0.3) is 0 Å². The summed E-state index contributed by atoms with van der Waals surface area (Å²) in [4.78, 5) is 23.4. The summed E-state index contributed by atoms with van der Waals surface area (Å²) in [6.07, 6.45) is 3.24. The van der Waals surface area contributed by atoms with Crippen molar-refractivity contribution >= 4 is 28.4 Å². The molecule has 17 heavy (non-hydrogen) atoms. The summed E-state index contributed by atoms with van der Waals surface area (Å²) in [6, 6.07) is 1.72. The highest BCUT2D eigenvalue weighted by Crippen LogP contribution is 2.18. The van der Waals surface area contributed by atoms with Crippen LogP contribution in [0, 0.1) is 0 Å². The molecule has 88 valence electrons. The van der Waals surface area contributed by atoms with Gasteiger partial charge in [0.15, 0.2) is 10.8 Å². The Labute approximate surface area is 102 Å². The molecule has 0 saturated carbocycles. The highest BCUT2D eigenvalue weighted by atomic mass is 32.1. The van der Waals surface area contributed by atoms with Gasteiger partial charge in [-0.1, -0.05) is 0 Å². The van der Waals surface area contributed by atoms with Gasteiger partial charge in [0.2, 0.25) is 5.95 Å². The van der Waals surface area contributed by atoms with E-state index in [1.54, 1.807) is 30.8 Å². The maximum atomic E-state index is 11.4. The quantitative estimate of drug-likeness (QED) is 0.834. The lowest BCUT2D eigenvalue weighted by Gasteiger charge is -1.98. The molecule has 0 spiro atoms. The van der Waals surface area contributed by atoms with Crippen molar-refractivity contribution in [1.82, 2.24) is 15.0 Å². The van der Waals surface area contributed by atoms with Crippen LogP contribution in [0.15, 0.2) is 23.8 Å². The van der Waals surface area contributed by atoms with Gasteiger partial charge in [0.05, 0.1) is 6.61 Å². The Morgan fingerprint density at radius 3 is 2.94 bits per heavy atom. The first kappa shape index (κ1) is 11.5. The van der Waals surface area contributed by atoms with Gasteiger partial charge in [-0.15, -0.1) is 11.3 Å². The topological polar surface area (TPSA) is 77.0 Å². The van der Waals surface area contributed by atoms with Crippen LogP contribution >= 0.6 is 11.3 Å². The lowest BCUT2D eigenvalue weighted by Crippen LogP contribution is -2.05. The molecule has 2 aromatic rings. The zero-order valence-electron chi connectivity index (χ0n) is 9.08. The van der Waals surface area contributed by atoms with Crippen molar-refractivity contribution in [2.45, 2.75) is 6.92 Å². The van der Waals surface area contributed by atoms with Crippen molar-refractivity contribution in [1.29, 1.82) is 0 Å². The first-order valence-electron chi connectivity index (χ1n) is 4.96. The molecule has 2 aromatic heterocycles. The van der Waals surface area contributed by atoms with Crippen molar-refractivity contribution in [3.63, 3.8) is 0 Å². The fourth-order valence-electron chi connectivity index (χ4n) is 1.09. The molecule has 0 fully saturated rings. The molecule has 1 N–H and O–H groups in total. The van der Waals surface area contributed by atoms with E-state index >= 15 is 0 Å². The average molecular weight is 250 g/mol. The number of ether oxygens (including phenoxy) is 1. The van der Waals surface area contributed by atoms with Gasteiger partial charge in [0.1, 0.15) is 0 Å². The number of nitrogens with zero attached hydrogens (tertiary/aromatic N) is 3. The van der Waals surface area contributed by atoms with E-state index in [9.17, 15) is 4.79 Å². The zero-order valence-corrected chi connectivity index (χ0v) is 9.90. The minimum atomic E-state index is -0.425. The third kappa shape index (κ3) is 2.97. The van der Waals surface area contributed by atoms with E-state index < -0.39 is 5.97 Å². The molecule has 0 aliphatic rings. The van der Waals surface area contributed by atoms with E-state index in [1.807, 2.05) is 0 Å². The lowest BCUT2D eigenvalue weighted by atomic mass is 10.5. The van der Waals surface area contributed by atoms with Crippen LogP contribution in [0.4, 0.5) is 11.1 Å². The molecule has 0 amide bonds. The summed E-state index contributed by atoms with van der Waals surface area (Å²) < 4.78 is 4.84. The summed E-state index contributed by atoms with van der Waals surface area (Å²) in [7, 11) is 0.